The van der Waals surface area contributed by atoms with Crippen molar-refractivity contribution >= 4 is 5.91 Å². The van der Waals surface area contributed by atoms with Crippen LogP contribution in [0.2, 0.25) is 0 Å². The van der Waals surface area contributed by atoms with Gasteiger partial charge in [-0.25, -0.2) is 4.68 Å². The molecule has 1 amide bonds. The van der Waals surface area contributed by atoms with Gasteiger partial charge in [-0.2, -0.15) is 5.10 Å². The molecule has 0 spiro atoms. The molecule has 0 aliphatic carbocycles. The lowest BCUT2D eigenvalue weighted by Crippen LogP contribution is -2.46. The van der Waals surface area contributed by atoms with Crippen molar-refractivity contribution in [1.29, 1.82) is 0 Å². The summed E-state index contributed by atoms with van der Waals surface area (Å²) < 4.78 is 1.81. The second-order valence-corrected chi connectivity index (χ2v) is 4.93. The number of carbonyl (C=O) groups excluding carboxylic acids is 1. The molecule has 1 aliphatic rings. The van der Waals surface area contributed by atoms with Gasteiger partial charge in [0.25, 0.3) is 5.91 Å². The van der Waals surface area contributed by atoms with Crippen molar-refractivity contribution in [3.05, 3.63) is 47.8 Å². The van der Waals surface area contributed by atoms with Gasteiger partial charge in [0, 0.05) is 26.2 Å². The fourth-order valence-electron chi connectivity index (χ4n) is 2.49. The molecule has 1 aliphatic heterocycles. The number of benzene rings is 1. The highest BCUT2D eigenvalue weighted by atomic mass is 16.2. The SMILES string of the molecule is Cc1c(C(=O)N2CCNCC2)cnn1-c1ccccc1. The summed E-state index contributed by atoms with van der Waals surface area (Å²) in [6, 6.07) is 9.87. The van der Waals surface area contributed by atoms with Crippen LogP contribution in [0.5, 0.6) is 0 Å². The Labute approximate surface area is 118 Å². The zero-order chi connectivity index (χ0) is 13.9. The lowest BCUT2D eigenvalue weighted by molar-refractivity contribution is 0.0735. The maximum atomic E-state index is 12.5. The van der Waals surface area contributed by atoms with Crippen LogP contribution in [0.4, 0.5) is 0 Å². The normalized spacial score (nSPS) is 15.3. The highest BCUT2D eigenvalue weighted by Crippen LogP contribution is 2.15. The molecule has 1 aromatic heterocycles. The second-order valence-electron chi connectivity index (χ2n) is 4.93. The number of piperazine rings is 1. The predicted octanol–water partition coefficient (Wildman–Crippen LogP) is 1.23. The zero-order valence-corrected chi connectivity index (χ0v) is 11.5. The first-order valence-electron chi connectivity index (χ1n) is 6.87. The Hall–Kier alpha value is -2.14. The summed E-state index contributed by atoms with van der Waals surface area (Å²) in [6.07, 6.45) is 1.67. The van der Waals surface area contributed by atoms with Crippen LogP contribution in [-0.4, -0.2) is 46.8 Å². The summed E-state index contributed by atoms with van der Waals surface area (Å²) in [4.78, 5) is 14.4. The second kappa shape index (κ2) is 5.46. The highest BCUT2D eigenvalue weighted by molar-refractivity contribution is 5.95. The van der Waals surface area contributed by atoms with Gasteiger partial charge in [0.15, 0.2) is 0 Å². The molecule has 1 saturated heterocycles. The van der Waals surface area contributed by atoms with Crippen molar-refractivity contribution in [2.75, 3.05) is 26.2 Å². The van der Waals surface area contributed by atoms with Crippen LogP contribution in [0, 0.1) is 6.92 Å². The van der Waals surface area contributed by atoms with Crippen molar-refractivity contribution in [2.45, 2.75) is 6.92 Å². The smallest absolute Gasteiger partial charge is 0.257 e. The van der Waals surface area contributed by atoms with Crippen molar-refractivity contribution in [1.82, 2.24) is 20.0 Å². The number of amides is 1. The molecule has 5 nitrogen and oxygen atoms in total. The Bertz CT molecular complexity index is 600. The Balaban J connectivity index is 1.88. The number of carbonyl (C=O) groups is 1. The number of aromatic nitrogens is 2. The van der Waals surface area contributed by atoms with Crippen molar-refractivity contribution in [2.24, 2.45) is 0 Å². The molecular weight excluding hydrogens is 252 g/mol. The molecule has 0 unspecified atom stereocenters. The summed E-state index contributed by atoms with van der Waals surface area (Å²) in [5.41, 5.74) is 2.56. The summed E-state index contributed by atoms with van der Waals surface area (Å²) in [6.45, 7) is 5.17. The van der Waals surface area contributed by atoms with E-state index in [9.17, 15) is 4.79 Å². The van der Waals surface area contributed by atoms with Gasteiger partial charge in [0.1, 0.15) is 0 Å². The summed E-state index contributed by atoms with van der Waals surface area (Å²) >= 11 is 0. The van der Waals surface area contributed by atoms with Gasteiger partial charge >= 0.3 is 0 Å². The highest BCUT2D eigenvalue weighted by Gasteiger charge is 2.22. The standard InChI is InChI=1S/C15H18N4O/c1-12-14(15(20)18-9-7-16-8-10-18)11-17-19(12)13-5-3-2-4-6-13/h2-6,11,16H,7-10H2,1H3. The molecule has 0 radical (unpaired) electrons. The number of hydrogen-bond acceptors (Lipinski definition) is 3. The molecule has 0 atom stereocenters. The van der Waals surface area contributed by atoms with E-state index in [1.165, 1.54) is 0 Å². The minimum Gasteiger partial charge on any atom is -0.336 e. The summed E-state index contributed by atoms with van der Waals surface area (Å²) in [7, 11) is 0. The molecule has 2 aromatic rings. The van der Waals surface area contributed by atoms with Crippen molar-refractivity contribution in [3.8, 4) is 5.69 Å². The lowest BCUT2D eigenvalue weighted by atomic mass is 10.2. The third-order valence-electron chi connectivity index (χ3n) is 3.65. The van der Waals surface area contributed by atoms with E-state index in [2.05, 4.69) is 10.4 Å². The van der Waals surface area contributed by atoms with Gasteiger partial charge < -0.3 is 10.2 Å². The number of hydrogen-bond donors (Lipinski definition) is 1. The zero-order valence-electron chi connectivity index (χ0n) is 11.5. The van der Waals surface area contributed by atoms with Crippen molar-refractivity contribution < 1.29 is 4.79 Å². The molecule has 5 heteroatoms. The van der Waals surface area contributed by atoms with E-state index >= 15 is 0 Å². The van der Waals surface area contributed by atoms with Crippen LogP contribution in [0.25, 0.3) is 5.69 Å². The largest absolute Gasteiger partial charge is 0.336 e. The lowest BCUT2D eigenvalue weighted by Gasteiger charge is -2.27. The molecule has 1 fully saturated rings. The fourth-order valence-corrected chi connectivity index (χ4v) is 2.49. The topological polar surface area (TPSA) is 50.2 Å². The van der Waals surface area contributed by atoms with E-state index in [1.54, 1.807) is 6.20 Å². The monoisotopic (exact) mass is 270 g/mol. The van der Waals surface area contributed by atoms with E-state index in [-0.39, 0.29) is 5.91 Å². The van der Waals surface area contributed by atoms with Crippen LogP contribution in [-0.2, 0) is 0 Å². The quantitative estimate of drug-likeness (QED) is 0.893. The average molecular weight is 270 g/mol. The molecule has 20 heavy (non-hydrogen) atoms. The molecular formula is C15H18N4O. The van der Waals surface area contributed by atoms with E-state index in [0.717, 1.165) is 37.6 Å². The van der Waals surface area contributed by atoms with Gasteiger partial charge in [0.05, 0.1) is 23.1 Å². The average Bonchev–Trinajstić information content (AvgIpc) is 2.90. The van der Waals surface area contributed by atoms with E-state index < -0.39 is 0 Å². The molecule has 104 valence electrons. The van der Waals surface area contributed by atoms with Gasteiger partial charge in [-0.15, -0.1) is 0 Å². The summed E-state index contributed by atoms with van der Waals surface area (Å²) in [5.74, 6) is 0.0752. The first kappa shape index (κ1) is 12.9. The molecule has 3 rings (SSSR count). The van der Waals surface area contributed by atoms with Crippen LogP contribution in [0.15, 0.2) is 36.5 Å². The van der Waals surface area contributed by atoms with Crippen LogP contribution < -0.4 is 5.32 Å². The minimum absolute atomic E-state index is 0.0752. The fraction of sp³-hybridized carbons (Fsp3) is 0.333. The van der Waals surface area contributed by atoms with Crippen LogP contribution in [0.3, 0.4) is 0 Å². The molecule has 0 saturated carbocycles. The number of para-hydroxylation sites is 1. The van der Waals surface area contributed by atoms with Gasteiger partial charge in [-0.3, -0.25) is 4.79 Å². The molecule has 2 heterocycles. The third-order valence-corrected chi connectivity index (χ3v) is 3.65. The van der Waals surface area contributed by atoms with Crippen LogP contribution in [0.1, 0.15) is 16.1 Å². The van der Waals surface area contributed by atoms with Gasteiger partial charge in [0.2, 0.25) is 0 Å². The Morgan fingerprint density at radius 2 is 1.90 bits per heavy atom. The number of nitrogens with zero attached hydrogens (tertiary/aromatic N) is 3. The Kier molecular flexibility index (Phi) is 3.52. The van der Waals surface area contributed by atoms with Crippen molar-refractivity contribution in [3.63, 3.8) is 0 Å². The molecule has 0 bridgehead atoms. The maximum Gasteiger partial charge on any atom is 0.257 e. The third kappa shape index (κ3) is 2.32. The van der Waals surface area contributed by atoms with Crippen LogP contribution >= 0.6 is 0 Å². The maximum absolute atomic E-state index is 12.5. The predicted molar refractivity (Wildman–Crippen MR) is 77.1 cm³/mol. The Morgan fingerprint density at radius 1 is 1.20 bits per heavy atom. The first-order valence-corrected chi connectivity index (χ1v) is 6.87. The molecule has 1 N–H and O–H groups in total. The van der Waals surface area contributed by atoms with E-state index in [0.29, 0.717) is 5.56 Å². The Morgan fingerprint density at radius 3 is 2.60 bits per heavy atom. The van der Waals surface area contributed by atoms with Gasteiger partial charge in [-0.1, -0.05) is 18.2 Å². The molecule has 1 aromatic carbocycles. The summed E-state index contributed by atoms with van der Waals surface area (Å²) in [5, 5.41) is 7.61. The number of rotatable bonds is 2. The van der Waals surface area contributed by atoms with E-state index in [4.69, 9.17) is 0 Å². The van der Waals surface area contributed by atoms with E-state index in [1.807, 2.05) is 46.8 Å². The first-order chi connectivity index (χ1) is 9.77. The number of nitrogens with one attached hydrogen (secondary N) is 1. The minimum atomic E-state index is 0.0752. The van der Waals surface area contributed by atoms with Gasteiger partial charge in [-0.05, 0) is 19.1 Å².